The summed E-state index contributed by atoms with van der Waals surface area (Å²) in [7, 11) is 16.6. The number of hydrogen-bond donors (Lipinski definition) is 0. The van der Waals surface area contributed by atoms with Gasteiger partial charge in [0.25, 0.3) is 0 Å². The van der Waals surface area contributed by atoms with Crippen molar-refractivity contribution in [3.63, 3.8) is 0 Å². The molecule has 0 heterocycles. The van der Waals surface area contributed by atoms with Crippen molar-refractivity contribution in [2.75, 3.05) is 0 Å². The van der Waals surface area contributed by atoms with Crippen molar-refractivity contribution in [2.45, 2.75) is 85.6 Å². The van der Waals surface area contributed by atoms with Gasteiger partial charge in [0, 0.05) is 0 Å². The Morgan fingerprint density at radius 2 is 1.16 bits per heavy atom. The van der Waals surface area contributed by atoms with Crippen molar-refractivity contribution in [2.24, 2.45) is 0 Å². The Kier molecular flexibility index (Phi) is 9.73. The molecule has 4 rings (SSSR count). The molecule has 2 atom stereocenters. The fourth-order valence-electron chi connectivity index (χ4n) is 7.18. The zero-order chi connectivity index (χ0) is 27.5. The molecule has 38 heavy (non-hydrogen) atoms. The molecule has 2 aliphatic rings. The van der Waals surface area contributed by atoms with E-state index in [2.05, 4.69) is 88.6 Å². The monoisotopic (exact) mass is 641 g/mol. The van der Waals surface area contributed by atoms with E-state index in [1.165, 1.54) is 70.2 Å². The van der Waals surface area contributed by atoms with E-state index in [1.54, 1.807) is 0 Å². The minimum absolute atomic E-state index is 0.185. The number of unbranched alkanes of at least 4 members (excludes halogenated alkanes) is 4. The molecule has 0 saturated heterocycles. The van der Waals surface area contributed by atoms with E-state index in [9.17, 15) is 0 Å². The first kappa shape index (κ1) is 30.0. The number of hydrogen-bond acceptors (Lipinski definition) is 0. The number of aryl methyl sites for hydroxylation is 2. The second kappa shape index (κ2) is 12.3. The van der Waals surface area contributed by atoms with Gasteiger partial charge in [-0.15, -0.1) is 0 Å². The molecule has 203 valence electrons. The van der Waals surface area contributed by atoms with Gasteiger partial charge in [-0.2, -0.15) is 0 Å². The third kappa shape index (κ3) is 5.37. The van der Waals surface area contributed by atoms with Crippen LogP contribution >= 0.6 is 17.0 Å². The van der Waals surface area contributed by atoms with Gasteiger partial charge >= 0.3 is 242 Å². The zero-order valence-corrected chi connectivity index (χ0v) is 29.0. The first-order chi connectivity index (χ1) is 18.1. The van der Waals surface area contributed by atoms with Crippen LogP contribution in [-0.2, 0) is 28.4 Å². The Balaban J connectivity index is 1.77. The molecule has 0 aliphatic heterocycles. The summed E-state index contributed by atoms with van der Waals surface area (Å²) in [4.78, 5) is 0. The summed E-state index contributed by atoms with van der Waals surface area (Å²) < 4.78 is 0.371. The summed E-state index contributed by atoms with van der Waals surface area (Å²) >= 11 is -4.53. The molecule has 0 saturated carbocycles. The number of rotatable bonds is 13. The van der Waals surface area contributed by atoms with Crippen molar-refractivity contribution in [3.8, 4) is 0 Å². The van der Waals surface area contributed by atoms with E-state index in [-0.39, 0.29) is 7.25 Å². The average Bonchev–Trinajstić information content (AvgIpc) is 3.42. The molecule has 2 unspecified atom stereocenters. The van der Waals surface area contributed by atoms with Crippen LogP contribution < -0.4 is 0 Å². The van der Waals surface area contributed by atoms with Gasteiger partial charge in [0.05, 0.1) is 0 Å². The van der Waals surface area contributed by atoms with Crippen molar-refractivity contribution >= 4 is 35.1 Å². The van der Waals surface area contributed by atoms with Crippen LogP contribution in [0.5, 0.6) is 0 Å². The van der Waals surface area contributed by atoms with Crippen molar-refractivity contribution in [1.29, 1.82) is 0 Å². The van der Waals surface area contributed by atoms with Crippen molar-refractivity contribution in [1.82, 2.24) is 0 Å². The molecule has 0 spiro atoms. The molecule has 0 radical (unpaired) electrons. The number of allylic oxidation sites excluding steroid dienone is 4. The molecular formula is C34H45Cl2SiZr. The van der Waals surface area contributed by atoms with Gasteiger partial charge in [-0.3, -0.25) is 0 Å². The molecule has 0 N–H and O–H groups in total. The molecule has 4 heteroatoms. The Bertz CT molecular complexity index is 1180. The second-order valence-electron chi connectivity index (χ2n) is 11.9. The predicted octanol–water partition coefficient (Wildman–Crippen LogP) is 11.1. The standard InChI is InChI=1S/2C16H19.C2H7Si.2ClH.Zr/c2*1-3-4-5-6-8-14-9-7-10-15-11-13(2)12-16(14)15;1-3-2;;;/h2*3,7,9-12H,1,4-6,8H2,2H3;3H,1-2H3;2*1H;/q;;;;;+2/p-2. The van der Waals surface area contributed by atoms with Gasteiger partial charge in [0.15, 0.2) is 0 Å². The van der Waals surface area contributed by atoms with Crippen LogP contribution in [0.25, 0.3) is 12.2 Å². The summed E-state index contributed by atoms with van der Waals surface area (Å²) in [6.45, 7) is 17.2. The maximum atomic E-state index is 8.32. The van der Waals surface area contributed by atoms with Gasteiger partial charge in [-0.1, -0.05) is 0 Å². The first-order valence-corrected chi connectivity index (χ1v) is 30.8. The van der Waals surface area contributed by atoms with E-state index in [4.69, 9.17) is 17.0 Å². The third-order valence-electron chi connectivity index (χ3n) is 9.15. The van der Waals surface area contributed by atoms with Crippen LogP contribution in [0, 0.1) is 0 Å². The van der Waals surface area contributed by atoms with Crippen LogP contribution in [0.4, 0.5) is 0 Å². The number of benzene rings is 2. The molecule has 0 aromatic heterocycles. The molecule has 0 bridgehead atoms. The third-order valence-corrected chi connectivity index (χ3v) is 61.4. The van der Waals surface area contributed by atoms with Gasteiger partial charge < -0.3 is 0 Å². The Morgan fingerprint density at radius 3 is 1.53 bits per heavy atom. The summed E-state index contributed by atoms with van der Waals surface area (Å²) in [5, 5.41) is 0. The second-order valence-corrected chi connectivity index (χ2v) is 54.4. The van der Waals surface area contributed by atoms with Crippen LogP contribution in [0.15, 0.2) is 72.9 Å². The molecule has 0 nitrogen and oxygen atoms in total. The first-order valence-electron chi connectivity index (χ1n) is 14.5. The summed E-state index contributed by atoms with van der Waals surface area (Å²) in [6, 6.07) is 13.8. The van der Waals surface area contributed by atoms with E-state index >= 15 is 0 Å². The summed E-state index contributed by atoms with van der Waals surface area (Å²) in [6.07, 6.45) is 18.0. The normalized spacial score (nSPS) is 19.4. The minimum atomic E-state index is -4.53. The molecule has 0 fully saturated rings. The van der Waals surface area contributed by atoms with Gasteiger partial charge in [-0.25, -0.2) is 0 Å². The topological polar surface area (TPSA) is 0 Å². The maximum absolute atomic E-state index is 8.32. The van der Waals surface area contributed by atoms with Crippen molar-refractivity contribution < 1.29 is 15.6 Å². The number of halogens is 2. The Morgan fingerprint density at radius 1 is 0.737 bits per heavy atom. The zero-order valence-electron chi connectivity index (χ0n) is 23.8. The SMILES string of the molecule is C=CCCCCc1cccc2c1C=C(C)[CH]2[Zr]([Cl])([Cl])([CH]1C(C)=Cc2c(CCCCC=C)cccc21)[SiH](C)C. The van der Waals surface area contributed by atoms with E-state index < -0.39 is 21.5 Å². The Labute approximate surface area is 240 Å². The summed E-state index contributed by atoms with van der Waals surface area (Å²) in [5.41, 5.74) is 11.3. The van der Waals surface area contributed by atoms with Crippen LogP contribution in [0.2, 0.25) is 13.1 Å². The van der Waals surface area contributed by atoms with Crippen LogP contribution in [0.3, 0.4) is 0 Å². The Hall–Kier alpha value is -0.920. The molecule has 2 aromatic rings. The molecular weight excluding hydrogens is 599 g/mol. The fourth-order valence-corrected chi connectivity index (χ4v) is 40.1. The van der Waals surface area contributed by atoms with E-state index in [0.29, 0.717) is 0 Å². The average molecular weight is 644 g/mol. The predicted molar refractivity (Wildman–Crippen MR) is 172 cm³/mol. The summed E-state index contributed by atoms with van der Waals surface area (Å²) in [5.74, 6) is -1.47. The van der Waals surface area contributed by atoms with E-state index in [1.807, 2.05) is 12.2 Å². The van der Waals surface area contributed by atoms with Gasteiger partial charge in [0.1, 0.15) is 0 Å². The van der Waals surface area contributed by atoms with Crippen LogP contribution in [-0.4, -0.2) is 5.92 Å². The molecule has 0 amide bonds. The van der Waals surface area contributed by atoms with Crippen LogP contribution in [0.1, 0.15) is 93.0 Å². The van der Waals surface area contributed by atoms with Gasteiger partial charge in [-0.05, 0) is 0 Å². The quantitative estimate of drug-likeness (QED) is 0.116. The molecule has 2 aromatic carbocycles. The fraction of sp³-hybridized carbons (Fsp3) is 0.412. The van der Waals surface area contributed by atoms with Crippen molar-refractivity contribution in [3.05, 3.63) is 106 Å². The molecule has 2 aliphatic carbocycles. The van der Waals surface area contributed by atoms with E-state index in [0.717, 1.165) is 25.7 Å². The van der Waals surface area contributed by atoms with Gasteiger partial charge in [0.2, 0.25) is 0 Å². The number of fused-ring (bicyclic) bond motifs is 2.